The van der Waals surface area contributed by atoms with E-state index in [0.29, 0.717) is 10.8 Å². The van der Waals surface area contributed by atoms with E-state index in [1.165, 1.54) is 57.8 Å². The molecule has 32 heavy (non-hydrogen) atoms. The molecule has 2 heteroatoms. The predicted octanol–water partition coefficient (Wildman–Crippen LogP) is 8.29. The summed E-state index contributed by atoms with van der Waals surface area (Å²) in [6.45, 7) is 16.7. The zero-order valence-electron chi connectivity index (χ0n) is 22.3. The van der Waals surface area contributed by atoms with Crippen LogP contribution >= 0.6 is 0 Å². The molecule has 4 aliphatic rings. The van der Waals surface area contributed by atoms with Crippen LogP contribution in [0, 0.1) is 58.2 Å². The van der Waals surface area contributed by atoms with E-state index in [1.807, 2.05) is 0 Å². The molecule has 10 unspecified atom stereocenters. The number of fused-ring (bicyclic) bond motifs is 5. The van der Waals surface area contributed by atoms with Crippen LogP contribution in [0.1, 0.15) is 119 Å². The summed E-state index contributed by atoms with van der Waals surface area (Å²) in [5, 5.41) is 0. The Morgan fingerprint density at radius 2 is 1.56 bits per heavy atom. The molecule has 10 atom stereocenters. The van der Waals surface area contributed by atoms with Crippen molar-refractivity contribution in [2.75, 3.05) is 0 Å². The molecular weight excluding hydrogens is 392 g/mol. The fourth-order valence-electron chi connectivity index (χ4n) is 9.60. The number of hydrogen-bond acceptors (Lipinski definition) is 2. The summed E-state index contributed by atoms with van der Waals surface area (Å²) in [7, 11) is 0. The topological polar surface area (TPSA) is 26.3 Å². The van der Waals surface area contributed by atoms with Crippen molar-refractivity contribution in [1.29, 1.82) is 0 Å². The van der Waals surface area contributed by atoms with E-state index >= 15 is 0 Å². The number of carbonyl (C=O) groups excluding carboxylic acids is 1. The molecule has 4 fully saturated rings. The maximum atomic E-state index is 11.5. The first-order valence-electron chi connectivity index (χ1n) is 14.2. The fourth-order valence-corrected chi connectivity index (χ4v) is 9.60. The van der Waals surface area contributed by atoms with Gasteiger partial charge in [0.2, 0.25) is 0 Å². The first-order valence-corrected chi connectivity index (χ1v) is 14.2. The SMILES string of the molecule is CC(=O)OC1CCC2(C)C(CCC3C2CCC2(C)C(C(C)CCC(C)C(C)C)CCC32)C1. The fraction of sp³-hybridized carbons (Fsp3) is 0.967. The maximum absolute atomic E-state index is 11.5. The van der Waals surface area contributed by atoms with Gasteiger partial charge < -0.3 is 4.74 Å². The highest BCUT2D eigenvalue weighted by Gasteiger charge is 2.60. The molecule has 0 N–H and O–H groups in total. The molecule has 0 heterocycles. The zero-order chi connectivity index (χ0) is 23.3. The summed E-state index contributed by atoms with van der Waals surface area (Å²) in [6, 6.07) is 0. The van der Waals surface area contributed by atoms with Crippen molar-refractivity contribution < 1.29 is 9.53 Å². The summed E-state index contributed by atoms with van der Waals surface area (Å²) < 4.78 is 5.66. The van der Waals surface area contributed by atoms with Gasteiger partial charge in [-0.15, -0.1) is 0 Å². The molecule has 184 valence electrons. The Morgan fingerprint density at radius 1 is 0.875 bits per heavy atom. The van der Waals surface area contributed by atoms with Crippen molar-refractivity contribution >= 4 is 5.97 Å². The van der Waals surface area contributed by atoms with E-state index < -0.39 is 0 Å². The molecule has 4 saturated carbocycles. The first kappa shape index (κ1) is 24.6. The maximum Gasteiger partial charge on any atom is 0.302 e. The van der Waals surface area contributed by atoms with Crippen LogP contribution < -0.4 is 0 Å². The second-order valence-corrected chi connectivity index (χ2v) is 13.7. The van der Waals surface area contributed by atoms with Gasteiger partial charge in [-0.2, -0.15) is 0 Å². The molecule has 0 aliphatic heterocycles. The average molecular weight is 445 g/mol. The highest BCUT2D eigenvalue weighted by Crippen LogP contribution is 2.68. The van der Waals surface area contributed by atoms with Crippen LogP contribution in [-0.2, 0) is 9.53 Å². The number of esters is 1. The number of hydrogen-bond donors (Lipinski definition) is 0. The standard InChI is InChI=1S/C30H52O2/c1-19(2)20(3)8-9-21(4)26-12-13-27-25-11-10-23-18-24(32-22(5)31)14-16-29(23,6)28(25)15-17-30(26,27)7/h19-21,23-28H,8-18H2,1-7H3. The summed E-state index contributed by atoms with van der Waals surface area (Å²) in [4.78, 5) is 11.5. The van der Waals surface area contributed by atoms with Gasteiger partial charge in [-0.25, -0.2) is 0 Å². The van der Waals surface area contributed by atoms with Gasteiger partial charge in [-0.1, -0.05) is 54.4 Å². The quantitative estimate of drug-likeness (QED) is 0.385. The monoisotopic (exact) mass is 444 g/mol. The molecule has 0 spiro atoms. The first-order chi connectivity index (χ1) is 15.1. The summed E-state index contributed by atoms with van der Waals surface area (Å²) in [5.74, 6) is 6.99. The molecule has 0 bridgehead atoms. The second-order valence-electron chi connectivity index (χ2n) is 13.7. The van der Waals surface area contributed by atoms with Gasteiger partial charge in [-0.3, -0.25) is 4.79 Å². The molecule has 0 saturated heterocycles. The van der Waals surface area contributed by atoms with Crippen LogP contribution in [0.2, 0.25) is 0 Å². The highest BCUT2D eigenvalue weighted by molar-refractivity contribution is 5.66. The predicted molar refractivity (Wildman–Crippen MR) is 133 cm³/mol. The van der Waals surface area contributed by atoms with Gasteiger partial charge in [0.05, 0.1) is 0 Å². The molecule has 4 aliphatic carbocycles. The van der Waals surface area contributed by atoms with E-state index in [0.717, 1.165) is 60.2 Å². The minimum Gasteiger partial charge on any atom is -0.463 e. The number of rotatable bonds is 6. The lowest BCUT2D eigenvalue weighted by atomic mass is 9.44. The van der Waals surface area contributed by atoms with E-state index in [9.17, 15) is 4.79 Å². The van der Waals surface area contributed by atoms with E-state index in [1.54, 1.807) is 6.92 Å². The van der Waals surface area contributed by atoms with Crippen LogP contribution in [0.4, 0.5) is 0 Å². The summed E-state index contributed by atoms with van der Waals surface area (Å²) in [6.07, 6.45) is 15.2. The molecule has 2 nitrogen and oxygen atoms in total. The summed E-state index contributed by atoms with van der Waals surface area (Å²) in [5.41, 5.74) is 1.07. The van der Waals surface area contributed by atoms with Crippen molar-refractivity contribution in [3.63, 3.8) is 0 Å². The third kappa shape index (κ3) is 4.31. The van der Waals surface area contributed by atoms with Crippen LogP contribution in [0.5, 0.6) is 0 Å². The van der Waals surface area contributed by atoms with Gasteiger partial charge in [0.1, 0.15) is 6.10 Å². The van der Waals surface area contributed by atoms with Gasteiger partial charge in [0.15, 0.2) is 0 Å². The Morgan fingerprint density at radius 3 is 2.25 bits per heavy atom. The lowest BCUT2D eigenvalue weighted by Gasteiger charge is -2.61. The highest BCUT2D eigenvalue weighted by atomic mass is 16.5. The normalized spacial score (nSPS) is 45.5. The number of ether oxygens (including phenoxy) is 1. The largest absolute Gasteiger partial charge is 0.463 e. The number of carbonyl (C=O) groups is 1. The molecule has 0 radical (unpaired) electrons. The van der Waals surface area contributed by atoms with Crippen LogP contribution in [0.3, 0.4) is 0 Å². The third-order valence-electron chi connectivity index (χ3n) is 11.9. The van der Waals surface area contributed by atoms with Gasteiger partial charge in [0, 0.05) is 6.92 Å². The van der Waals surface area contributed by atoms with Crippen molar-refractivity contribution in [2.24, 2.45) is 58.2 Å². The zero-order valence-corrected chi connectivity index (χ0v) is 22.3. The average Bonchev–Trinajstić information content (AvgIpc) is 3.08. The molecule has 4 rings (SSSR count). The molecule has 0 aromatic carbocycles. The van der Waals surface area contributed by atoms with E-state index in [4.69, 9.17) is 4.74 Å². The van der Waals surface area contributed by atoms with Gasteiger partial charge >= 0.3 is 5.97 Å². The molecular formula is C30H52O2. The lowest BCUT2D eigenvalue weighted by molar-refractivity contribution is -0.160. The Bertz CT molecular complexity index is 670. The molecule has 0 aromatic heterocycles. The van der Waals surface area contributed by atoms with Crippen molar-refractivity contribution in [3.05, 3.63) is 0 Å². The lowest BCUT2D eigenvalue weighted by Crippen LogP contribution is -2.54. The van der Waals surface area contributed by atoms with E-state index in [2.05, 4.69) is 41.5 Å². The molecule has 0 aromatic rings. The van der Waals surface area contributed by atoms with Crippen molar-refractivity contribution in [1.82, 2.24) is 0 Å². The van der Waals surface area contributed by atoms with Crippen LogP contribution in [0.15, 0.2) is 0 Å². The van der Waals surface area contributed by atoms with Crippen LogP contribution in [0.25, 0.3) is 0 Å². The molecule has 0 amide bonds. The van der Waals surface area contributed by atoms with E-state index in [-0.39, 0.29) is 12.1 Å². The Kier molecular flexibility index (Phi) is 7.11. The Balaban J connectivity index is 1.43. The minimum atomic E-state index is -0.0883. The Labute approximate surface area is 199 Å². The third-order valence-corrected chi connectivity index (χ3v) is 11.9. The Hall–Kier alpha value is -0.530. The smallest absolute Gasteiger partial charge is 0.302 e. The van der Waals surface area contributed by atoms with Crippen LogP contribution in [-0.4, -0.2) is 12.1 Å². The van der Waals surface area contributed by atoms with Crippen molar-refractivity contribution in [3.8, 4) is 0 Å². The summed E-state index contributed by atoms with van der Waals surface area (Å²) >= 11 is 0. The van der Waals surface area contributed by atoms with Gasteiger partial charge in [0.25, 0.3) is 0 Å². The second kappa shape index (κ2) is 9.26. The van der Waals surface area contributed by atoms with Gasteiger partial charge in [-0.05, 0) is 116 Å². The van der Waals surface area contributed by atoms with Crippen molar-refractivity contribution in [2.45, 2.75) is 125 Å². The minimum absolute atomic E-state index is 0.0883.